The molecular formula is C25H28N2O2. The van der Waals surface area contributed by atoms with Crippen LogP contribution in [0.2, 0.25) is 0 Å². The summed E-state index contributed by atoms with van der Waals surface area (Å²) in [5.41, 5.74) is 3.81. The highest BCUT2D eigenvalue weighted by atomic mass is 16.2. The molecule has 4 nitrogen and oxygen atoms in total. The molecule has 0 aliphatic rings. The van der Waals surface area contributed by atoms with E-state index in [0.29, 0.717) is 0 Å². The van der Waals surface area contributed by atoms with E-state index in [-0.39, 0.29) is 24.2 Å². The molecule has 4 heteroatoms. The molecule has 0 aromatic heterocycles. The molecular weight excluding hydrogens is 360 g/mol. The van der Waals surface area contributed by atoms with Gasteiger partial charge < -0.3 is 10.6 Å². The number of fused-ring (bicyclic) bond motifs is 1. The van der Waals surface area contributed by atoms with Crippen molar-refractivity contribution in [3.63, 3.8) is 0 Å². The van der Waals surface area contributed by atoms with Crippen molar-refractivity contribution in [1.82, 2.24) is 5.32 Å². The van der Waals surface area contributed by atoms with E-state index in [2.05, 4.69) is 10.6 Å². The summed E-state index contributed by atoms with van der Waals surface area (Å²) < 4.78 is 0. The molecule has 0 fully saturated rings. The fourth-order valence-corrected chi connectivity index (χ4v) is 3.46. The highest BCUT2D eigenvalue weighted by molar-refractivity contribution is 5.98. The lowest BCUT2D eigenvalue weighted by atomic mass is 10.00. The first kappa shape index (κ1) is 20.6. The Hall–Kier alpha value is -3.14. The second-order valence-electron chi connectivity index (χ2n) is 7.91. The van der Waals surface area contributed by atoms with E-state index in [9.17, 15) is 9.59 Å². The molecule has 29 heavy (non-hydrogen) atoms. The number of carbonyl (C=O) groups excluding carboxylic acids is 2. The second-order valence-corrected chi connectivity index (χ2v) is 7.91. The zero-order chi connectivity index (χ0) is 21.0. The Balaban J connectivity index is 1.73. The minimum atomic E-state index is -0.600. The number of amides is 2. The molecule has 150 valence electrons. The van der Waals surface area contributed by atoms with Gasteiger partial charge in [0.1, 0.15) is 6.04 Å². The SMILES string of the molecule is Cc1ccc(C)c(NC(=O)[C@@H](NC(=O)Cc2cccc3ccccc23)C(C)C)c1. The Morgan fingerprint density at radius 3 is 2.41 bits per heavy atom. The van der Waals surface area contributed by atoms with Crippen molar-refractivity contribution >= 4 is 28.3 Å². The van der Waals surface area contributed by atoms with Crippen LogP contribution in [0, 0.1) is 19.8 Å². The Bertz CT molecular complexity index is 1030. The number of nitrogens with one attached hydrogen (secondary N) is 2. The van der Waals surface area contributed by atoms with Crippen molar-refractivity contribution in [2.24, 2.45) is 5.92 Å². The van der Waals surface area contributed by atoms with E-state index in [4.69, 9.17) is 0 Å². The first-order valence-electron chi connectivity index (χ1n) is 9.99. The molecule has 0 saturated carbocycles. The monoisotopic (exact) mass is 388 g/mol. The van der Waals surface area contributed by atoms with Gasteiger partial charge >= 0.3 is 0 Å². The first-order chi connectivity index (χ1) is 13.8. The van der Waals surface area contributed by atoms with Crippen LogP contribution < -0.4 is 10.6 Å². The molecule has 0 heterocycles. The van der Waals surface area contributed by atoms with Gasteiger partial charge in [-0.05, 0) is 53.3 Å². The van der Waals surface area contributed by atoms with Crippen molar-refractivity contribution in [1.29, 1.82) is 0 Å². The van der Waals surface area contributed by atoms with Gasteiger partial charge in [0.05, 0.1) is 6.42 Å². The van der Waals surface area contributed by atoms with Crippen LogP contribution in [0.4, 0.5) is 5.69 Å². The lowest BCUT2D eigenvalue weighted by Gasteiger charge is -2.22. The summed E-state index contributed by atoms with van der Waals surface area (Å²) in [4.78, 5) is 25.6. The lowest BCUT2D eigenvalue weighted by molar-refractivity contribution is -0.127. The third-order valence-corrected chi connectivity index (χ3v) is 5.15. The predicted molar refractivity (Wildman–Crippen MR) is 119 cm³/mol. The molecule has 0 spiro atoms. The van der Waals surface area contributed by atoms with Crippen LogP contribution in [-0.4, -0.2) is 17.9 Å². The molecule has 2 amide bonds. The van der Waals surface area contributed by atoms with E-state index in [1.165, 1.54) is 0 Å². The number of rotatable bonds is 6. The molecule has 2 N–H and O–H groups in total. The van der Waals surface area contributed by atoms with Crippen LogP contribution in [-0.2, 0) is 16.0 Å². The summed E-state index contributed by atoms with van der Waals surface area (Å²) in [6.07, 6.45) is 0.237. The summed E-state index contributed by atoms with van der Waals surface area (Å²) >= 11 is 0. The van der Waals surface area contributed by atoms with E-state index in [1.807, 2.05) is 88.4 Å². The standard InChI is InChI=1S/C25H28N2O2/c1-16(2)24(25(29)26-22-14-17(3)12-13-18(22)4)27-23(28)15-20-10-7-9-19-8-5-6-11-21(19)20/h5-14,16,24H,15H2,1-4H3,(H,26,29)(H,27,28)/t24-/m0/s1. The molecule has 3 aromatic rings. The lowest BCUT2D eigenvalue weighted by Crippen LogP contribution is -2.47. The average molecular weight is 389 g/mol. The fourth-order valence-electron chi connectivity index (χ4n) is 3.46. The zero-order valence-corrected chi connectivity index (χ0v) is 17.5. The first-order valence-corrected chi connectivity index (χ1v) is 9.99. The van der Waals surface area contributed by atoms with Crippen LogP contribution in [0.3, 0.4) is 0 Å². The van der Waals surface area contributed by atoms with Crippen molar-refractivity contribution < 1.29 is 9.59 Å². The van der Waals surface area contributed by atoms with Gasteiger partial charge in [0.25, 0.3) is 0 Å². The van der Waals surface area contributed by atoms with Gasteiger partial charge in [0.15, 0.2) is 0 Å². The van der Waals surface area contributed by atoms with Gasteiger partial charge in [-0.25, -0.2) is 0 Å². The van der Waals surface area contributed by atoms with Gasteiger partial charge in [-0.15, -0.1) is 0 Å². The maximum absolute atomic E-state index is 12.9. The highest BCUT2D eigenvalue weighted by Crippen LogP contribution is 2.20. The molecule has 0 aliphatic heterocycles. The largest absolute Gasteiger partial charge is 0.344 e. The molecule has 0 radical (unpaired) electrons. The Labute approximate surface area is 172 Å². The maximum atomic E-state index is 12.9. The Kier molecular flexibility index (Phi) is 6.32. The maximum Gasteiger partial charge on any atom is 0.247 e. The molecule has 0 aliphatic carbocycles. The van der Waals surface area contributed by atoms with Crippen molar-refractivity contribution in [2.45, 2.75) is 40.2 Å². The van der Waals surface area contributed by atoms with Crippen LogP contribution in [0.1, 0.15) is 30.5 Å². The van der Waals surface area contributed by atoms with E-state index >= 15 is 0 Å². The third-order valence-electron chi connectivity index (χ3n) is 5.15. The van der Waals surface area contributed by atoms with Crippen LogP contribution in [0.15, 0.2) is 60.7 Å². The molecule has 3 rings (SSSR count). The topological polar surface area (TPSA) is 58.2 Å². The summed E-state index contributed by atoms with van der Waals surface area (Å²) in [6.45, 7) is 7.82. The van der Waals surface area contributed by atoms with Crippen molar-refractivity contribution in [3.8, 4) is 0 Å². The highest BCUT2D eigenvalue weighted by Gasteiger charge is 2.25. The van der Waals surface area contributed by atoms with Gasteiger partial charge in [-0.2, -0.15) is 0 Å². The zero-order valence-electron chi connectivity index (χ0n) is 17.5. The van der Waals surface area contributed by atoms with E-state index in [1.54, 1.807) is 0 Å². The minimum Gasteiger partial charge on any atom is -0.344 e. The van der Waals surface area contributed by atoms with Gasteiger partial charge in [-0.3, -0.25) is 9.59 Å². The number of hydrogen-bond donors (Lipinski definition) is 2. The molecule has 1 atom stereocenters. The minimum absolute atomic E-state index is 0.0309. The number of aryl methyl sites for hydroxylation is 2. The molecule has 0 saturated heterocycles. The Morgan fingerprint density at radius 1 is 0.931 bits per heavy atom. The smallest absolute Gasteiger partial charge is 0.247 e. The van der Waals surface area contributed by atoms with Gasteiger partial charge in [-0.1, -0.05) is 68.4 Å². The second kappa shape index (κ2) is 8.91. The summed E-state index contributed by atoms with van der Waals surface area (Å²) in [5, 5.41) is 8.07. The van der Waals surface area contributed by atoms with Crippen LogP contribution >= 0.6 is 0 Å². The fraction of sp³-hybridized carbons (Fsp3) is 0.280. The van der Waals surface area contributed by atoms with E-state index in [0.717, 1.165) is 33.2 Å². The molecule has 0 unspecified atom stereocenters. The summed E-state index contributed by atoms with van der Waals surface area (Å²) in [5.74, 6) is -0.382. The molecule has 0 bridgehead atoms. The van der Waals surface area contributed by atoms with Gasteiger partial charge in [0.2, 0.25) is 11.8 Å². The quantitative estimate of drug-likeness (QED) is 0.638. The average Bonchev–Trinajstić information content (AvgIpc) is 2.69. The summed E-state index contributed by atoms with van der Waals surface area (Å²) in [7, 11) is 0. The number of hydrogen-bond acceptors (Lipinski definition) is 2. The van der Waals surface area contributed by atoms with Crippen molar-refractivity contribution in [3.05, 3.63) is 77.4 Å². The molecule has 3 aromatic carbocycles. The normalized spacial score (nSPS) is 12.0. The number of anilines is 1. The number of benzene rings is 3. The van der Waals surface area contributed by atoms with Crippen molar-refractivity contribution in [2.75, 3.05) is 5.32 Å². The summed E-state index contributed by atoms with van der Waals surface area (Å²) in [6, 6.07) is 19.3. The van der Waals surface area contributed by atoms with Crippen LogP contribution in [0.5, 0.6) is 0 Å². The van der Waals surface area contributed by atoms with Crippen LogP contribution in [0.25, 0.3) is 10.8 Å². The Morgan fingerprint density at radius 2 is 1.66 bits per heavy atom. The number of carbonyl (C=O) groups is 2. The third kappa shape index (κ3) is 5.02. The predicted octanol–water partition coefficient (Wildman–Crippen LogP) is 4.78. The van der Waals surface area contributed by atoms with Gasteiger partial charge in [0, 0.05) is 5.69 Å². The van der Waals surface area contributed by atoms with E-state index < -0.39 is 6.04 Å².